The molecule has 1 aliphatic heterocycles. The zero-order valence-corrected chi connectivity index (χ0v) is 12.7. The number of aryl methyl sites for hydroxylation is 1. The van der Waals surface area contributed by atoms with Crippen LogP contribution in [0.2, 0.25) is 0 Å². The molecule has 106 valence electrons. The number of hydrogen-bond acceptors (Lipinski definition) is 3. The Kier molecular flexibility index (Phi) is 6.75. The summed E-state index contributed by atoms with van der Waals surface area (Å²) < 4.78 is 0. The number of benzene rings is 1. The number of thiol groups is 1. The summed E-state index contributed by atoms with van der Waals surface area (Å²) in [7, 11) is 0. The fourth-order valence-electron chi connectivity index (χ4n) is 2.68. The third-order valence-corrected chi connectivity index (χ3v) is 4.20. The molecule has 19 heavy (non-hydrogen) atoms. The highest BCUT2D eigenvalue weighted by atomic mass is 32.1. The van der Waals surface area contributed by atoms with E-state index < -0.39 is 0 Å². The Morgan fingerprint density at radius 1 is 0.842 bits per heavy atom. The van der Waals surface area contributed by atoms with Gasteiger partial charge in [0.05, 0.1) is 0 Å². The minimum absolute atomic E-state index is 1.01. The number of piperazine rings is 1. The van der Waals surface area contributed by atoms with Crippen LogP contribution in [-0.2, 0) is 6.42 Å². The van der Waals surface area contributed by atoms with E-state index in [0.717, 1.165) is 5.75 Å². The predicted octanol–water partition coefficient (Wildman–Crippen LogP) is 2.56. The van der Waals surface area contributed by atoms with Crippen LogP contribution in [0.5, 0.6) is 0 Å². The molecule has 0 N–H and O–H groups in total. The molecule has 1 aromatic carbocycles. The molecule has 1 fully saturated rings. The molecule has 0 spiro atoms. The summed E-state index contributed by atoms with van der Waals surface area (Å²) in [5, 5.41) is 0. The van der Waals surface area contributed by atoms with Crippen LogP contribution in [0.4, 0.5) is 0 Å². The summed E-state index contributed by atoms with van der Waals surface area (Å²) in [5.41, 5.74) is 1.47. The molecule has 2 nitrogen and oxygen atoms in total. The largest absolute Gasteiger partial charge is 0.301 e. The van der Waals surface area contributed by atoms with Crippen molar-refractivity contribution in [3.8, 4) is 0 Å². The Bertz CT molecular complexity index is 334. The van der Waals surface area contributed by atoms with E-state index in [-0.39, 0.29) is 0 Å². The highest BCUT2D eigenvalue weighted by molar-refractivity contribution is 7.80. The molecular weight excluding hydrogens is 252 g/mol. The van der Waals surface area contributed by atoms with E-state index in [1.807, 2.05) is 0 Å². The second kappa shape index (κ2) is 8.62. The van der Waals surface area contributed by atoms with Crippen LogP contribution in [0.25, 0.3) is 0 Å². The Morgan fingerprint density at radius 2 is 1.42 bits per heavy atom. The first-order valence-corrected chi connectivity index (χ1v) is 8.11. The van der Waals surface area contributed by atoms with Gasteiger partial charge >= 0.3 is 0 Å². The summed E-state index contributed by atoms with van der Waals surface area (Å²) >= 11 is 4.28. The zero-order chi connectivity index (χ0) is 13.3. The first kappa shape index (κ1) is 14.9. The lowest BCUT2D eigenvalue weighted by Crippen LogP contribution is -2.46. The van der Waals surface area contributed by atoms with Gasteiger partial charge in [-0.15, -0.1) is 0 Å². The average molecular weight is 278 g/mol. The minimum Gasteiger partial charge on any atom is -0.301 e. The summed E-state index contributed by atoms with van der Waals surface area (Å²) in [6.45, 7) is 7.41. The summed E-state index contributed by atoms with van der Waals surface area (Å²) in [4.78, 5) is 5.18. The van der Waals surface area contributed by atoms with Gasteiger partial charge in [-0.3, -0.25) is 0 Å². The van der Waals surface area contributed by atoms with Gasteiger partial charge in [0.25, 0.3) is 0 Å². The van der Waals surface area contributed by atoms with Crippen LogP contribution in [0.3, 0.4) is 0 Å². The van der Waals surface area contributed by atoms with Gasteiger partial charge in [0, 0.05) is 26.2 Å². The van der Waals surface area contributed by atoms with Crippen molar-refractivity contribution in [2.45, 2.75) is 19.3 Å². The van der Waals surface area contributed by atoms with Crippen molar-refractivity contribution in [3.63, 3.8) is 0 Å². The SMILES string of the molecule is SCCCN1CCN(CCCc2ccccc2)CC1. The molecule has 0 aliphatic carbocycles. The Balaban J connectivity index is 1.58. The second-order valence-corrected chi connectivity index (χ2v) is 5.80. The van der Waals surface area contributed by atoms with Gasteiger partial charge in [0.15, 0.2) is 0 Å². The van der Waals surface area contributed by atoms with Crippen LogP contribution in [0.15, 0.2) is 30.3 Å². The van der Waals surface area contributed by atoms with Gasteiger partial charge in [-0.25, -0.2) is 0 Å². The molecule has 1 saturated heterocycles. The first-order chi connectivity index (χ1) is 9.38. The molecule has 0 radical (unpaired) electrons. The van der Waals surface area contributed by atoms with Crippen molar-refractivity contribution in [1.29, 1.82) is 0 Å². The lowest BCUT2D eigenvalue weighted by atomic mass is 10.1. The van der Waals surface area contributed by atoms with E-state index in [4.69, 9.17) is 0 Å². The lowest BCUT2D eigenvalue weighted by Gasteiger charge is -2.34. The number of hydrogen-bond donors (Lipinski definition) is 1. The van der Waals surface area contributed by atoms with Crippen LogP contribution >= 0.6 is 12.6 Å². The van der Waals surface area contributed by atoms with E-state index in [1.54, 1.807) is 0 Å². The average Bonchev–Trinajstić information content (AvgIpc) is 2.47. The topological polar surface area (TPSA) is 6.48 Å². The van der Waals surface area contributed by atoms with Crippen LogP contribution in [0, 0.1) is 0 Å². The van der Waals surface area contributed by atoms with Crippen molar-refractivity contribution in [2.24, 2.45) is 0 Å². The van der Waals surface area contributed by atoms with Gasteiger partial charge in [0.1, 0.15) is 0 Å². The first-order valence-electron chi connectivity index (χ1n) is 7.48. The third kappa shape index (κ3) is 5.55. The van der Waals surface area contributed by atoms with Crippen LogP contribution in [0.1, 0.15) is 18.4 Å². The molecule has 3 heteroatoms. The molecular formula is C16H26N2S. The Labute approximate surface area is 123 Å². The quantitative estimate of drug-likeness (QED) is 0.766. The van der Waals surface area contributed by atoms with E-state index in [9.17, 15) is 0 Å². The molecule has 0 saturated carbocycles. The maximum atomic E-state index is 4.28. The molecule has 1 aromatic rings. The molecule has 1 aliphatic rings. The maximum absolute atomic E-state index is 4.28. The molecule has 0 bridgehead atoms. The van der Waals surface area contributed by atoms with Crippen molar-refractivity contribution in [1.82, 2.24) is 9.80 Å². The Morgan fingerprint density at radius 3 is 2.00 bits per heavy atom. The van der Waals surface area contributed by atoms with E-state index in [0.29, 0.717) is 0 Å². The summed E-state index contributed by atoms with van der Waals surface area (Å²) in [5.74, 6) is 1.01. The lowest BCUT2D eigenvalue weighted by molar-refractivity contribution is 0.132. The number of nitrogens with zero attached hydrogens (tertiary/aromatic N) is 2. The summed E-state index contributed by atoms with van der Waals surface area (Å²) in [6, 6.07) is 10.8. The Hall–Kier alpha value is -0.510. The van der Waals surface area contributed by atoms with Crippen molar-refractivity contribution < 1.29 is 0 Å². The number of rotatable bonds is 7. The molecule has 1 heterocycles. The molecule has 0 amide bonds. The third-order valence-electron chi connectivity index (χ3n) is 3.88. The highest BCUT2D eigenvalue weighted by Crippen LogP contribution is 2.07. The van der Waals surface area contributed by atoms with E-state index in [2.05, 4.69) is 52.8 Å². The van der Waals surface area contributed by atoms with Gasteiger partial charge in [-0.2, -0.15) is 12.6 Å². The standard InChI is InChI=1S/C16H26N2S/c19-15-5-10-18-13-11-17(12-14-18)9-4-8-16-6-2-1-3-7-16/h1-3,6-7,19H,4-5,8-15H2. The smallest absolute Gasteiger partial charge is 0.0110 e. The predicted molar refractivity (Wildman–Crippen MR) is 86.1 cm³/mol. The molecule has 0 atom stereocenters. The fraction of sp³-hybridized carbons (Fsp3) is 0.625. The maximum Gasteiger partial charge on any atom is 0.0110 e. The van der Waals surface area contributed by atoms with Gasteiger partial charge in [-0.05, 0) is 43.7 Å². The van der Waals surface area contributed by atoms with Crippen molar-refractivity contribution >= 4 is 12.6 Å². The summed E-state index contributed by atoms with van der Waals surface area (Å²) in [6.07, 6.45) is 3.71. The van der Waals surface area contributed by atoms with Crippen LogP contribution in [-0.4, -0.2) is 54.8 Å². The monoisotopic (exact) mass is 278 g/mol. The fourth-order valence-corrected chi connectivity index (χ4v) is 2.82. The molecule has 2 rings (SSSR count). The highest BCUT2D eigenvalue weighted by Gasteiger charge is 2.15. The van der Waals surface area contributed by atoms with E-state index in [1.165, 1.54) is 64.1 Å². The second-order valence-electron chi connectivity index (χ2n) is 5.35. The minimum atomic E-state index is 1.01. The van der Waals surface area contributed by atoms with Crippen LogP contribution < -0.4 is 0 Å². The van der Waals surface area contributed by atoms with Crippen molar-refractivity contribution in [2.75, 3.05) is 45.0 Å². The van der Waals surface area contributed by atoms with Gasteiger partial charge < -0.3 is 9.80 Å². The van der Waals surface area contributed by atoms with Crippen molar-refractivity contribution in [3.05, 3.63) is 35.9 Å². The zero-order valence-electron chi connectivity index (χ0n) is 11.8. The van der Waals surface area contributed by atoms with E-state index >= 15 is 0 Å². The molecule has 0 unspecified atom stereocenters. The normalized spacial score (nSPS) is 17.7. The van der Waals surface area contributed by atoms with Gasteiger partial charge in [0.2, 0.25) is 0 Å². The molecule has 0 aromatic heterocycles. The van der Waals surface area contributed by atoms with Gasteiger partial charge in [-0.1, -0.05) is 30.3 Å².